The molecule has 16 rings (SSSR count). The lowest BCUT2D eigenvalue weighted by atomic mass is 9.92. The van der Waals surface area contributed by atoms with Crippen molar-refractivity contribution in [2.24, 2.45) is 0 Å². The first-order valence-corrected chi connectivity index (χ1v) is 32.6. The minimum absolute atomic E-state index is 1.09. The summed E-state index contributed by atoms with van der Waals surface area (Å²) < 4.78 is 0. The van der Waals surface area contributed by atoms with Crippen molar-refractivity contribution in [2.75, 3.05) is 9.80 Å². The highest BCUT2D eigenvalue weighted by Gasteiger charge is 2.25. The van der Waals surface area contributed by atoms with Crippen molar-refractivity contribution < 1.29 is 0 Å². The van der Waals surface area contributed by atoms with Gasteiger partial charge in [0.1, 0.15) is 0 Å². The fourth-order valence-corrected chi connectivity index (χ4v) is 14.4. The monoisotopic (exact) mass is 1200 g/mol. The van der Waals surface area contributed by atoms with Gasteiger partial charge in [0.25, 0.3) is 0 Å². The molecule has 2 nitrogen and oxygen atoms in total. The molecule has 16 aromatic carbocycles. The summed E-state index contributed by atoms with van der Waals surface area (Å²) in [5, 5.41) is 10.0. The predicted molar refractivity (Wildman–Crippen MR) is 403 cm³/mol. The van der Waals surface area contributed by atoms with Gasteiger partial charge in [-0.1, -0.05) is 279 Å². The van der Waals surface area contributed by atoms with Crippen LogP contribution in [0.2, 0.25) is 0 Å². The second-order valence-electron chi connectivity index (χ2n) is 25.0. The molecule has 446 valence electrons. The average Bonchev–Trinajstić information content (AvgIpc) is 0.779. The van der Waals surface area contributed by atoms with Crippen molar-refractivity contribution in [3.8, 4) is 77.9 Å². The maximum Gasteiger partial charge on any atom is 0.0569 e. The summed E-state index contributed by atoms with van der Waals surface area (Å²) >= 11 is 0. The largest absolute Gasteiger partial charge is 0.309 e. The number of rotatable bonds is 13. The summed E-state index contributed by atoms with van der Waals surface area (Å²) in [5.41, 5.74) is 28.0. The normalized spacial score (nSPS) is 11.4. The fourth-order valence-electron chi connectivity index (χ4n) is 14.4. The van der Waals surface area contributed by atoms with E-state index in [0.717, 1.165) is 56.4 Å². The molecule has 2 heteroatoms. The van der Waals surface area contributed by atoms with Crippen LogP contribution in [0.15, 0.2) is 340 Å². The van der Waals surface area contributed by atoms with Crippen molar-refractivity contribution in [3.63, 3.8) is 0 Å². The zero-order valence-corrected chi connectivity index (χ0v) is 53.2. The molecule has 0 aromatic heterocycles. The third-order valence-electron chi connectivity index (χ3n) is 19.1. The molecule has 0 spiro atoms. The molecule has 0 fully saturated rings. The number of aryl methyl sites for hydroxylation is 4. The quantitative estimate of drug-likeness (QED) is 0.106. The van der Waals surface area contributed by atoms with E-state index in [-0.39, 0.29) is 0 Å². The van der Waals surface area contributed by atoms with Gasteiger partial charge in [-0.2, -0.15) is 0 Å². The number of hydrogen-bond donors (Lipinski definition) is 0. The van der Waals surface area contributed by atoms with Gasteiger partial charge in [-0.15, -0.1) is 0 Å². The van der Waals surface area contributed by atoms with Gasteiger partial charge >= 0.3 is 0 Å². The molecule has 0 bridgehead atoms. The summed E-state index contributed by atoms with van der Waals surface area (Å²) in [6.45, 7) is 9.04. The average molecular weight is 1200 g/mol. The number of anilines is 6. The Morgan fingerprint density at radius 2 is 0.479 bits per heavy atom. The van der Waals surface area contributed by atoms with Gasteiger partial charge in [0.15, 0.2) is 0 Å². The molecule has 0 saturated heterocycles. The van der Waals surface area contributed by atoms with Crippen molar-refractivity contribution in [2.45, 2.75) is 27.7 Å². The van der Waals surface area contributed by atoms with Crippen LogP contribution in [0, 0.1) is 27.7 Å². The Hall–Kier alpha value is -11.8. The first-order valence-electron chi connectivity index (χ1n) is 32.6. The van der Waals surface area contributed by atoms with Crippen LogP contribution in [-0.2, 0) is 0 Å². The number of benzene rings is 16. The Bertz CT molecular complexity index is 5150. The Balaban J connectivity index is 0.804. The molecule has 0 atom stereocenters. The number of para-hydroxylation sites is 2. The van der Waals surface area contributed by atoms with E-state index in [4.69, 9.17) is 0 Å². The molecule has 0 amide bonds. The number of fused-ring (bicyclic) bond motifs is 6. The fraction of sp³-hybridized carbons (Fsp3) is 0.0435. The molecule has 0 aliphatic heterocycles. The van der Waals surface area contributed by atoms with Crippen LogP contribution in [-0.4, -0.2) is 0 Å². The van der Waals surface area contributed by atoms with Crippen LogP contribution < -0.4 is 9.80 Å². The van der Waals surface area contributed by atoms with Crippen LogP contribution in [0.4, 0.5) is 34.1 Å². The molecule has 0 radical (unpaired) electrons. The molecular weight excluding hydrogens is 1130 g/mol. The van der Waals surface area contributed by atoms with E-state index in [1.165, 1.54) is 121 Å². The lowest BCUT2D eigenvalue weighted by Gasteiger charge is -2.32. The molecule has 94 heavy (non-hydrogen) atoms. The first kappa shape index (κ1) is 57.3. The predicted octanol–water partition coefficient (Wildman–Crippen LogP) is 26.1. The summed E-state index contributed by atoms with van der Waals surface area (Å²) in [5.74, 6) is 0. The second-order valence-corrected chi connectivity index (χ2v) is 25.0. The van der Waals surface area contributed by atoms with E-state index in [1.54, 1.807) is 0 Å². The van der Waals surface area contributed by atoms with Crippen molar-refractivity contribution >= 4 is 77.2 Å². The van der Waals surface area contributed by atoms with E-state index in [1.807, 2.05) is 0 Å². The Morgan fingerprint density at radius 3 is 0.862 bits per heavy atom. The molecule has 0 saturated carbocycles. The molecule has 0 aliphatic rings. The zero-order chi connectivity index (χ0) is 63.2. The third-order valence-corrected chi connectivity index (χ3v) is 19.1. The van der Waals surface area contributed by atoms with Crippen LogP contribution >= 0.6 is 0 Å². The van der Waals surface area contributed by atoms with Gasteiger partial charge in [-0.25, -0.2) is 0 Å². The lowest BCUT2D eigenvalue weighted by molar-refractivity contribution is 1.22. The van der Waals surface area contributed by atoms with E-state index >= 15 is 0 Å². The Labute approximate surface area is 551 Å². The van der Waals surface area contributed by atoms with Gasteiger partial charge in [0.2, 0.25) is 0 Å². The molecule has 0 unspecified atom stereocenters. The minimum atomic E-state index is 1.09. The smallest absolute Gasteiger partial charge is 0.0569 e. The number of nitrogens with zero attached hydrogens (tertiary/aromatic N) is 2. The molecule has 0 heterocycles. The highest BCUT2D eigenvalue weighted by molar-refractivity contribution is 6.15. The highest BCUT2D eigenvalue weighted by Crippen LogP contribution is 2.49. The maximum atomic E-state index is 2.49. The zero-order valence-electron chi connectivity index (χ0n) is 53.2. The number of hydrogen-bond acceptors (Lipinski definition) is 2. The summed E-state index contributed by atoms with van der Waals surface area (Å²) in [6, 6.07) is 125. The van der Waals surface area contributed by atoms with Gasteiger partial charge in [-0.3, -0.25) is 0 Å². The van der Waals surface area contributed by atoms with E-state index in [2.05, 4.69) is 377 Å². The van der Waals surface area contributed by atoms with Crippen LogP contribution in [0.1, 0.15) is 22.3 Å². The summed E-state index contributed by atoms with van der Waals surface area (Å²) in [6.07, 6.45) is 0. The molecule has 0 aliphatic carbocycles. The van der Waals surface area contributed by atoms with Crippen molar-refractivity contribution in [1.29, 1.82) is 0 Å². The second kappa shape index (κ2) is 24.4. The SMILES string of the molecule is Cc1cc(-c2ccc(N(c3ccc(-c4cc5ccccc5c5ccccc45)cc3)c3c(C)cccc3-c3ccc(-c4ccccc4)cc3)c(C)c2)ccc1N(c1ccc(-c2cc3ccccc3c3ccccc23)cc1)c1c(C)cccc1-c1ccc(-c2ccccc2)cc1. The first-order chi connectivity index (χ1) is 46.3. The molecule has 0 N–H and O–H groups in total. The van der Waals surface area contributed by atoms with E-state index in [9.17, 15) is 0 Å². The Morgan fingerprint density at radius 1 is 0.181 bits per heavy atom. The van der Waals surface area contributed by atoms with Crippen molar-refractivity contribution in [1.82, 2.24) is 0 Å². The van der Waals surface area contributed by atoms with E-state index in [0.29, 0.717) is 0 Å². The molecular formula is C92H68N2. The summed E-state index contributed by atoms with van der Waals surface area (Å²) in [4.78, 5) is 4.98. The van der Waals surface area contributed by atoms with Gasteiger partial charge < -0.3 is 9.80 Å². The Kier molecular flexibility index (Phi) is 14.9. The van der Waals surface area contributed by atoms with Gasteiger partial charge in [0, 0.05) is 33.9 Å². The minimum Gasteiger partial charge on any atom is -0.309 e. The van der Waals surface area contributed by atoms with E-state index < -0.39 is 0 Å². The summed E-state index contributed by atoms with van der Waals surface area (Å²) in [7, 11) is 0. The lowest BCUT2D eigenvalue weighted by Crippen LogP contribution is -2.14. The van der Waals surface area contributed by atoms with Crippen LogP contribution in [0.3, 0.4) is 0 Å². The molecule has 16 aromatic rings. The van der Waals surface area contributed by atoms with Gasteiger partial charge in [-0.05, 0) is 220 Å². The maximum absolute atomic E-state index is 2.49. The highest BCUT2D eigenvalue weighted by atomic mass is 15.2. The van der Waals surface area contributed by atoms with Crippen LogP contribution in [0.25, 0.3) is 121 Å². The van der Waals surface area contributed by atoms with Gasteiger partial charge in [0.05, 0.1) is 11.4 Å². The van der Waals surface area contributed by atoms with Crippen LogP contribution in [0.5, 0.6) is 0 Å². The topological polar surface area (TPSA) is 6.48 Å². The third kappa shape index (κ3) is 10.6. The van der Waals surface area contributed by atoms with Crippen molar-refractivity contribution in [3.05, 3.63) is 362 Å². The standard InChI is InChI=1S/C92H68N2/c1-61-21-19-35-81(69-41-37-67(38-42-69)65-23-7-5-8-24-65)91(61)93(77-51-45-71(46-52-77)87-59-75-27-11-13-29-79(75)83-31-15-17-33-85(83)87)89-55-49-73(57-63(89)3)74-50-56-90(64(4)58-74)94(92-62(2)22-20-36-82(92)70-43-39-68(40-44-70)66-25-9-6-10-26-66)78-53-47-72(48-54-78)88-60-76-28-12-14-30-80(76)84-32-16-18-34-86(84)88/h5-60H,1-4H3.